The van der Waals surface area contributed by atoms with Crippen molar-refractivity contribution in [2.24, 2.45) is 0 Å². The quantitative estimate of drug-likeness (QED) is 0.569. The van der Waals surface area contributed by atoms with Gasteiger partial charge in [-0.2, -0.15) is 0 Å². The third kappa shape index (κ3) is 4.54. The Morgan fingerprint density at radius 2 is 1.88 bits per heavy atom. The lowest BCUT2D eigenvalue weighted by atomic mass is 10.0. The van der Waals surface area contributed by atoms with E-state index in [9.17, 15) is 4.79 Å². The number of nitrogens with one attached hydrogen (secondary N) is 1. The molecule has 1 unspecified atom stereocenters. The van der Waals surface area contributed by atoms with Crippen molar-refractivity contribution in [3.8, 4) is 0 Å². The summed E-state index contributed by atoms with van der Waals surface area (Å²) in [6.45, 7) is 6.10. The van der Waals surface area contributed by atoms with Crippen LogP contribution in [0.25, 0.3) is 0 Å². The van der Waals surface area contributed by atoms with E-state index in [2.05, 4.69) is 34.7 Å². The van der Waals surface area contributed by atoms with Crippen LogP contribution in [0.15, 0.2) is 58.8 Å². The molecule has 134 valence electrons. The van der Waals surface area contributed by atoms with E-state index in [1.165, 1.54) is 5.56 Å². The number of amides is 1. The van der Waals surface area contributed by atoms with E-state index >= 15 is 0 Å². The van der Waals surface area contributed by atoms with E-state index in [0.29, 0.717) is 5.56 Å². The highest BCUT2D eigenvalue weighted by molar-refractivity contribution is 7.98. The zero-order valence-corrected chi connectivity index (χ0v) is 16.8. The molecule has 1 N–H and O–H groups in total. The molecule has 1 amide bonds. The number of benzene rings is 2. The minimum absolute atomic E-state index is 0.0389. The highest BCUT2D eigenvalue weighted by Crippen LogP contribution is 2.27. The molecule has 0 fully saturated rings. The predicted molar refractivity (Wildman–Crippen MR) is 110 cm³/mol. The van der Waals surface area contributed by atoms with Gasteiger partial charge in [0.25, 0.3) is 5.91 Å². The number of nitrogens with zero attached hydrogens (tertiary/aromatic N) is 1. The second kappa shape index (κ2) is 8.52. The van der Waals surface area contributed by atoms with Crippen LogP contribution >= 0.6 is 23.1 Å². The first-order valence-corrected chi connectivity index (χ1v) is 10.4. The van der Waals surface area contributed by atoms with Crippen molar-refractivity contribution in [2.45, 2.75) is 37.5 Å². The van der Waals surface area contributed by atoms with E-state index in [-0.39, 0.29) is 11.9 Å². The summed E-state index contributed by atoms with van der Waals surface area (Å²) in [5.41, 5.74) is 4.09. The molecule has 0 saturated carbocycles. The second-order valence-corrected chi connectivity index (χ2v) is 8.27. The maximum atomic E-state index is 12.8. The highest BCUT2D eigenvalue weighted by Gasteiger charge is 2.16. The molecule has 1 heterocycles. The molecule has 0 aliphatic carbocycles. The summed E-state index contributed by atoms with van der Waals surface area (Å²) in [5, 5.41) is 6.27. The zero-order chi connectivity index (χ0) is 18.5. The Morgan fingerprint density at radius 1 is 1.15 bits per heavy atom. The maximum Gasteiger partial charge on any atom is 0.252 e. The van der Waals surface area contributed by atoms with Crippen LogP contribution in [-0.4, -0.2) is 10.9 Å². The van der Waals surface area contributed by atoms with Gasteiger partial charge in [-0.1, -0.05) is 36.4 Å². The average molecular weight is 383 g/mol. The lowest BCUT2D eigenvalue weighted by Gasteiger charge is -2.17. The van der Waals surface area contributed by atoms with Gasteiger partial charge in [-0.05, 0) is 44.0 Å². The summed E-state index contributed by atoms with van der Waals surface area (Å²) >= 11 is 3.30. The Balaban J connectivity index is 1.72. The van der Waals surface area contributed by atoms with Gasteiger partial charge in [0.15, 0.2) is 0 Å². The number of thioether (sulfide) groups is 1. The van der Waals surface area contributed by atoms with Gasteiger partial charge in [0.05, 0.1) is 22.3 Å². The number of thiazole rings is 1. The van der Waals surface area contributed by atoms with Crippen LogP contribution in [-0.2, 0) is 5.75 Å². The topological polar surface area (TPSA) is 42.0 Å². The minimum Gasteiger partial charge on any atom is -0.345 e. The van der Waals surface area contributed by atoms with Crippen molar-refractivity contribution < 1.29 is 4.79 Å². The van der Waals surface area contributed by atoms with Gasteiger partial charge in [0.2, 0.25) is 0 Å². The van der Waals surface area contributed by atoms with Gasteiger partial charge < -0.3 is 5.32 Å². The Labute approximate surface area is 162 Å². The molecule has 3 nitrogen and oxygen atoms in total. The van der Waals surface area contributed by atoms with Gasteiger partial charge in [-0.15, -0.1) is 23.1 Å². The van der Waals surface area contributed by atoms with Crippen LogP contribution < -0.4 is 5.32 Å². The normalized spacial score (nSPS) is 12.0. The molecule has 3 rings (SSSR count). The smallest absolute Gasteiger partial charge is 0.252 e. The number of hydrogen-bond acceptors (Lipinski definition) is 4. The fraction of sp³-hybridized carbons (Fsp3) is 0.238. The van der Waals surface area contributed by atoms with Crippen LogP contribution in [0.4, 0.5) is 0 Å². The Morgan fingerprint density at radius 3 is 2.62 bits per heavy atom. The summed E-state index contributed by atoms with van der Waals surface area (Å²) in [6.07, 6.45) is 0. The van der Waals surface area contributed by atoms with Gasteiger partial charge in [-0.25, -0.2) is 4.98 Å². The summed E-state index contributed by atoms with van der Waals surface area (Å²) in [4.78, 5) is 18.3. The molecule has 1 aromatic heterocycles. The van der Waals surface area contributed by atoms with E-state index in [1.807, 2.05) is 50.2 Å². The van der Waals surface area contributed by atoms with Crippen molar-refractivity contribution >= 4 is 29.0 Å². The average Bonchev–Trinajstić information content (AvgIpc) is 3.05. The molecular weight excluding hydrogens is 360 g/mol. The standard InChI is InChI=1S/C21H22N2OS2/c1-14-8-4-5-9-18(14)15(2)22-21(24)19-10-6-7-11-20(19)26-13-17-12-25-16(3)23-17/h4-12,15H,13H2,1-3H3,(H,22,24). The fourth-order valence-electron chi connectivity index (χ4n) is 2.83. The first-order chi connectivity index (χ1) is 12.5. The zero-order valence-electron chi connectivity index (χ0n) is 15.2. The molecule has 3 aromatic rings. The maximum absolute atomic E-state index is 12.8. The summed E-state index contributed by atoms with van der Waals surface area (Å²) in [6, 6.07) is 15.9. The van der Waals surface area contributed by atoms with Crippen LogP contribution in [0.5, 0.6) is 0 Å². The number of carbonyl (C=O) groups excluding carboxylic acids is 1. The minimum atomic E-state index is -0.0432. The third-order valence-electron chi connectivity index (χ3n) is 4.18. The predicted octanol–water partition coefficient (Wildman–Crippen LogP) is 5.54. The van der Waals surface area contributed by atoms with Crippen LogP contribution in [0.1, 0.15) is 45.2 Å². The first kappa shape index (κ1) is 18.7. The number of carbonyl (C=O) groups is 1. The van der Waals surface area contributed by atoms with Gasteiger partial charge in [0, 0.05) is 16.0 Å². The molecule has 1 atom stereocenters. The number of aromatic nitrogens is 1. The van der Waals surface area contributed by atoms with Crippen LogP contribution in [0.3, 0.4) is 0 Å². The van der Waals surface area contributed by atoms with E-state index < -0.39 is 0 Å². The Hall–Kier alpha value is -2.11. The van der Waals surface area contributed by atoms with Crippen molar-refractivity contribution in [3.63, 3.8) is 0 Å². The van der Waals surface area contributed by atoms with Gasteiger partial charge >= 0.3 is 0 Å². The molecule has 2 aromatic carbocycles. The SMILES string of the molecule is Cc1nc(CSc2ccccc2C(=O)NC(C)c2ccccc2C)cs1. The summed E-state index contributed by atoms with van der Waals surface area (Å²) in [7, 11) is 0. The van der Waals surface area contributed by atoms with Crippen molar-refractivity contribution in [2.75, 3.05) is 0 Å². The van der Waals surface area contributed by atoms with E-state index in [0.717, 1.165) is 26.9 Å². The molecule has 0 radical (unpaired) electrons. The van der Waals surface area contributed by atoms with E-state index in [1.54, 1.807) is 23.1 Å². The summed E-state index contributed by atoms with van der Waals surface area (Å²) in [5.74, 6) is 0.723. The van der Waals surface area contributed by atoms with Crippen LogP contribution in [0, 0.1) is 13.8 Å². The second-order valence-electron chi connectivity index (χ2n) is 6.19. The Bertz CT molecular complexity index is 904. The number of hydrogen-bond donors (Lipinski definition) is 1. The molecule has 5 heteroatoms. The number of rotatable bonds is 6. The van der Waals surface area contributed by atoms with E-state index in [4.69, 9.17) is 0 Å². The van der Waals surface area contributed by atoms with Gasteiger partial charge in [-0.3, -0.25) is 4.79 Å². The largest absolute Gasteiger partial charge is 0.345 e. The lowest BCUT2D eigenvalue weighted by molar-refractivity contribution is 0.0937. The van der Waals surface area contributed by atoms with Crippen molar-refractivity contribution in [3.05, 3.63) is 81.3 Å². The van der Waals surface area contributed by atoms with Crippen LogP contribution in [0.2, 0.25) is 0 Å². The van der Waals surface area contributed by atoms with Crippen molar-refractivity contribution in [1.29, 1.82) is 0 Å². The van der Waals surface area contributed by atoms with Crippen molar-refractivity contribution in [1.82, 2.24) is 10.3 Å². The fourth-order valence-corrected chi connectivity index (χ4v) is 4.49. The first-order valence-electron chi connectivity index (χ1n) is 8.54. The molecule has 0 bridgehead atoms. The molecule has 0 aliphatic rings. The Kier molecular flexibility index (Phi) is 6.12. The molecule has 26 heavy (non-hydrogen) atoms. The highest BCUT2D eigenvalue weighted by atomic mass is 32.2. The number of aryl methyl sites for hydroxylation is 2. The molecule has 0 aliphatic heterocycles. The lowest BCUT2D eigenvalue weighted by Crippen LogP contribution is -2.27. The van der Waals surface area contributed by atoms with Gasteiger partial charge in [0.1, 0.15) is 0 Å². The third-order valence-corrected chi connectivity index (χ3v) is 6.11. The molecule has 0 saturated heterocycles. The summed E-state index contributed by atoms with van der Waals surface area (Å²) < 4.78 is 0. The molecule has 0 spiro atoms. The monoisotopic (exact) mass is 382 g/mol. The molecular formula is C21H22N2OS2.